The first-order valence-electron chi connectivity index (χ1n) is 7.18. The highest BCUT2D eigenvalue weighted by atomic mass is 32.1. The molecule has 0 saturated carbocycles. The van der Waals surface area contributed by atoms with Gasteiger partial charge in [-0.2, -0.15) is 0 Å². The van der Waals surface area contributed by atoms with Crippen molar-refractivity contribution in [2.24, 2.45) is 0 Å². The second-order valence-electron chi connectivity index (χ2n) is 5.36. The lowest BCUT2D eigenvalue weighted by molar-refractivity contribution is -0.137. The van der Waals surface area contributed by atoms with E-state index in [0.717, 1.165) is 16.3 Å². The van der Waals surface area contributed by atoms with E-state index in [1.807, 2.05) is 30.5 Å². The largest absolute Gasteiger partial charge is 0.353 e. The van der Waals surface area contributed by atoms with Crippen molar-refractivity contribution in [2.45, 2.75) is 13.3 Å². The summed E-state index contributed by atoms with van der Waals surface area (Å²) in [5, 5.41) is 5.55. The number of aryl methyl sites for hydroxylation is 1. The average molecular weight is 315 g/mol. The van der Waals surface area contributed by atoms with Crippen molar-refractivity contribution in [2.75, 3.05) is 19.6 Å². The number of hydrogen-bond acceptors (Lipinski definition) is 4. The number of aromatic nitrogens is 1. The highest BCUT2D eigenvalue weighted by Gasteiger charge is 2.21. The lowest BCUT2D eigenvalue weighted by atomic mass is 10.1. The van der Waals surface area contributed by atoms with Gasteiger partial charge in [-0.25, -0.2) is 4.98 Å². The molecule has 0 radical (unpaired) electrons. The van der Waals surface area contributed by atoms with E-state index in [0.29, 0.717) is 13.1 Å². The molecule has 1 saturated heterocycles. The maximum absolute atomic E-state index is 12.2. The summed E-state index contributed by atoms with van der Waals surface area (Å²) in [6.07, 6.45) is 0.246. The van der Waals surface area contributed by atoms with Crippen molar-refractivity contribution in [3.8, 4) is 10.6 Å². The Kier molecular flexibility index (Phi) is 4.20. The van der Waals surface area contributed by atoms with E-state index in [4.69, 9.17) is 0 Å². The molecule has 0 unspecified atom stereocenters. The lowest BCUT2D eigenvalue weighted by Gasteiger charge is -2.26. The maximum atomic E-state index is 12.2. The molecule has 2 amide bonds. The number of hydrogen-bond donors (Lipinski definition) is 1. The smallest absolute Gasteiger partial charge is 0.239 e. The number of piperazine rings is 1. The highest BCUT2D eigenvalue weighted by molar-refractivity contribution is 7.13. The third kappa shape index (κ3) is 3.33. The van der Waals surface area contributed by atoms with Gasteiger partial charge in [-0.3, -0.25) is 9.59 Å². The van der Waals surface area contributed by atoms with E-state index in [1.54, 1.807) is 4.90 Å². The molecular weight excluding hydrogens is 298 g/mol. The summed E-state index contributed by atoms with van der Waals surface area (Å²) >= 11 is 1.54. The van der Waals surface area contributed by atoms with Crippen LogP contribution < -0.4 is 5.32 Å². The van der Waals surface area contributed by atoms with Crippen LogP contribution in [0.3, 0.4) is 0 Å². The number of thiazole rings is 1. The topological polar surface area (TPSA) is 62.3 Å². The molecular formula is C16H17N3O2S. The molecule has 1 N–H and O–H groups in total. The standard InChI is InChI=1S/C16H17N3O2S/c1-11-3-2-4-12(7-11)16-18-13(10-22-16)8-15(21)19-6-5-17-14(20)9-19/h2-4,7,10H,5-6,8-9H2,1H3,(H,17,20). The minimum atomic E-state index is -0.0988. The predicted octanol–water partition coefficient (Wildman–Crippen LogP) is 1.62. The zero-order chi connectivity index (χ0) is 15.5. The number of nitrogens with one attached hydrogen (secondary N) is 1. The minimum Gasteiger partial charge on any atom is -0.353 e. The van der Waals surface area contributed by atoms with Crippen LogP contribution in [0.2, 0.25) is 0 Å². The van der Waals surface area contributed by atoms with E-state index in [1.165, 1.54) is 16.9 Å². The fourth-order valence-electron chi connectivity index (χ4n) is 2.42. The van der Waals surface area contributed by atoms with Gasteiger partial charge in [0.1, 0.15) is 5.01 Å². The van der Waals surface area contributed by atoms with Crippen molar-refractivity contribution in [3.05, 3.63) is 40.9 Å². The Morgan fingerprint density at radius 2 is 2.32 bits per heavy atom. The maximum Gasteiger partial charge on any atom is 0.239 e. The van der Waals surface area contributed by atoms with Gasteiger partial charge in [0, 0.05) is 24.0 Å². The average Bonchev–Trinajstić information content (AvgIpc) is 2.96. The zero-order valence-electron chi connectivity index (χ0n) is 12.3. The number of rotatable bonds is 3. The summed E-state index contributed by atoms with van der Waals surface area (Å²) in [6, 6.07) is 8.15. The fraction of sp³-hybridized carbons (Fsp3) is 0.312. The van der Waals surface area contributed by atoms with E-state index in [9.17, 15) is 9.59 Å². The van der Waals surface area contributed by atoms with Crippen LogP contribution in [0, 0.1) is 6.92 Å². The Labute approximate surface area is 133 Å². The Hall–Kier alpha value is -2.21. The molecule has 2 aromatic rings. The molecule has 0 spiro atoms. The molecule has 1 aromatic heterocycles. The number of carbonyl (C=O) groups excluding carboxylic acids is 2. The Morgan fingerprint density at radius 1 is 1.45 bits per heavy atom. The summed E-state index contributed by atoms with van der Waals surface area (Å²) in [7, 11) is 0. The van der Waals surface area contributed by atoms with Gasteiger partial charge in [-0.1, -0.05) is 23.8 Å². The normalized spacial score (nSPS) is 14.8. The van der Waals surface area contributed by atoms with Crippen LogP contribution in [-0.4, -0.2) is 41.3 Å². The number of nitrogens with zero attached hydrogens (tertiary/aromatic N) is 2. The molecule has 5 nitrogen and oxygen atoms in total. The monoisotopic (exact) mass is 315 g/mol. The van der Waals surface area contributed by atoms with Crippen LogP contribution in [0.5, 0.6) is 0 Å². The molecule has 22 heavy (non-hydrogen) atoms. The highest BCUT2D eigenvalue weighted by Crippen LogP contribution is 2.24. The second-order valence-corrected chi connectivity index (χ2v) is 6.21. The summed E-state index contributed by atoms with van der Waals surface area (Å²) < 4.78 is 0. The van der Waals surface area contributed by atoms with Crippen molar-refractivity contribution >= 4 is 23.2 Å². The van der Waals surface area contributed by atoms with Crippen LogP contribution in [0.4, 0.5) is 0 Å². The molecule has 6 heteroatoms. The predicted molar refractivity (Wildman–Crippen MR) is 85.6 cm³/mol. The first-order valence-corrected chi connectivity index (χ1v) is 8.06. The van der Waals surface area contributed by atoms with Gasteiger partial charge in [0.05, 0.1) is 18.7 Å². The fourth-order valence-corrected chi connectivity index (χ4v) is 3.23. The summed E-state index contributed by atoms with van der Waals surface area (Å²) in [4.78, 5) is 29.7. The lowest BCUT2D eigenvalue weighted by Crippen LogP contribution is -2.50. The van der Waals surface area contributed by atoms with Crippen LogP contribution in [-0.2, 0) is 16.0 Å². The first-order chi connectivity index (χ1) is 10.6. The van der Waals surface area contributed by atoms with Gasteiger partial charge in [-0.15, -0.1) is 11.3 Å². The molecule has 114 valence electrons. The van der Waals surface area contributed by atoms with Gasteiger partial charge in [0.2, 0.25) is 11.8 Å². The molecule has 0 aliphatic carbocycles. The van der Waals surface area contributed by atoms with E-state index < -0.39 is 0 Å². The number of amides is 2. The zero-order valence-corrected chi connectivity index (χ0v) is 13.2. The number of benzene rings is 1. The van der Waals surface area contributed by atoms with Crippen molar-refractivity contribution in [1.29, 1.82) is 0 Å². The SMILES string of the molecule is Cc1cccc(-c2nc(CC(=O)N3CCNC(=O)C3)cs2)c1. The number of carbonyl (C=O) groups is 2. The quantitative estimate of drug-likeness (QED) is 0.936. The molecule has 3 rings (SSSR count). The molecule has 1 aromatic carbocycles. The molecule has 1 fully saturated rings. The molecule has 1 aliphatic rings. The van der Waals surface area contributed by atoms with Crippen molar-refractivity contribution in [3.63, 3.8) is 0 Å². The van der Waals surface area contributed by atoms with Gasteiger partial charge in [0.15, 0.2) is 0 Å². The van der Waals surface area contributed by atoms with Crippen LogP contribution in [0.1, 0.15) is 11.3 Å². The Morgan fingerprint density at radius 3 is 3.09 bits per heavy atom. The summed E-state index contributed by atoms with van der Waals surface area (Å²) in [6.45, 7) is 3.28. The van der Waals surface area contributed by atoms with Gasteiger partial charge in [-0.05, 0) is 13.0 Å². The van der Waals surface area contributed by atoms with Crippen LogP contribution >= 0.6 is 11.3 Å². The van der Waals surface area contributed by atoms with Crippen molar-refractivity contribution in [1.82, 2.24) is 15.2 Å². The molecule has 1 aliphatic heterocycles. The van der Waals surface area contributed by atoms with E-state index in [2.05, 4.69) is 16.4 Å². The Balaban J connectivity index is 1.69. The molecule has 0 atom stereocenters. The van der Waals surface area contributed by atoms with Gasteiger partial charge >= 0.3 is 0 Å². The van der Waals surface area contributed by atoms with E-state index >= 15 is 0 Å². The van der Waals surface area contributed by atoms with Crippen LogP contribution in [0.25, 0.3) is 10.6 Å². The van der Waals surface area contributed by atoms with Crippen LogP contribution in [0.15, 0.2) is 29.6 Å². The van der Waals surface area contributed by atoms with Crippen molar-refractivity contribution < 1.29 is 9.59 Å². The summed E-state index contributed by atoms with van der Waals surface area (Å²) in [5.41, 5.74) is 3.02. The molecule has 0 bridgehead atoms. The second kappa shape index (κ2) is 6.27. The third-order valence-electron chi connectivity index (χ3n) is 3.54. The minimum absolute atomic E-state index is 0.0454. The third-order valence-corrected chi connectivity index (χ3v) is 4.48. The first kappa shape index (κ1) is 14.7. The van der Waals surface area contributed by atoms with E-state index in [-0.39, 0.29) is 24.8 Å². The van der Waals surface area contributed by atoms with Gasteiger partial charge < -0.3 is 10.2 Å². The Bertz CT molecular complexity index is 711. The summed E-state index contributed by atoms with van der Waals surface area (Å²) in [5.74, 6) is -0.144. The molecule has 2 heterocycles. The van der Waals surface area contributed by atoms with Gasteiger partial charge in [0.25, 0.3) is 0 Å².